The number of hydrogen-bond donors (Lipinski definition) is 2. The highest BCUT2D eigenvalue weighted by Gasteiger charge is 2.15. The van der Waals surface area contributed by atoms with E-state index < -0.39 is 0 Å². The van der Waals surface area contributed by atoms with Crippen molar-refractivity contribution in [1.29, 1.82) is 0 Å². The summed E-state index contributed by atoms with van der Waals surface area (Å²) in [7, 11) is 3.05. The largest absolute Gasteiger partial charge is 0.494 e. The highest BCUT2D eigenvalue weighted by Crippen LogP contribution is 2.34. The van der Waals surface area contributed by atoms with Gasteiger partial charge in [-0.15, -0.1) is 11.3 Å². The van der Waals surface area contributed by atoms with E-state index in [2.05, 4.69) is 14.9 Å². The molecule has 0 amide bonds. The molecule has 0 saturated carbocycles. The molecule has 0 bridgehead atoms. The molecule has 32 heavy (non-hydrogen) atoms. The van der Waals surface area contributed by atoms with E-state index in [0.29, 0.717) is 4.88 Å². The number of rotatable bonds is 10. The van der Waals surface area contributed by atoms with E-state index in [4.69, 9.17) is 9.47 Å². The number of carbonyl (C=O) groups is 1. The van der Waals surface area contributed by atoms with Crippen molar-refractivity contribution in [3.05, 3.63) is 34.5 Å². The maximum Gasteiger partial charge on any atom is 0.349 e. The highest BCUT2D eigenvalue weighted by atomic mass is 32.2. The summed E-state index contributed by atoms with van der Waals surface area (Å²) in [6.45, 7) is 12.6. The van der Waals surface area contributed by atoms with Crippen LogP contribution in [0.25, 0.3) is 0 Å². The van der Waals surface area contributed by atoms with E-state index in [-0.39, 0.29) is 5.97 Å². The topological polar surface area (TPSA) is 62.8 Å². The second kappa shape index (κ2) is 16.7. The van der Waals surface area contributed by atoms with Crippen LogP contribution in [0, 0.1) is 0 Å². The Labute approximate surface area is 202 Å². The van der Waals surface area contributed by atoms with Crippen molar-refractivity contribution in [2.75, 3.05) is 50.4 Å². The van der Waals surface area contributed by atoms with E-state index >= 15 is 0 Å². The lowest BCUT2D eigenvalue weighted by Gasteiger charge is -2.16. The van der Waals surface area contributed by atoms with Gasteiger partial charge in [0.2, 0.25) is 0 Å². The fraction of sp³-hybridized carbons (Fsp3) is 0.542. The van der Waals surface area contributed by atoms with Crippen molar-refractivity contribution in [3.8, 4) is 5.75 Å². The van der Waals surface area contributed by atoms with Gasteiger partial charge in [-0.1, -0.05) is 27.7 Å². The van der Waals surface area contributed by atoms with Crippen LogP contribution in [0.2, 0.25) is 0 Å². The molecule has 1 aromatic heterocycles. The molecule has 180 valence electrons. The first-order valence-corrected chi connectivity index (χ1v) is 13.1. The zero-order valence-corrected chi connectivity index (χ0v) is 22.0. The number of thiophene rings is 1. The summed E-state index contributed by atoms with van der Waals surface area (Å²) < 4.78 is 13.6. The first-order valence-electron chi connectivity index (χ1n) is 11.4. The van der Waals surface area contributed by atoms with Gasteiger partial charge in [-0.2, -0.15) is 0 Å². The zero-order valence-electron chi connectivity index (χ0n) is 20.3. The number of ether oxygens (including phenoxy) is 2. The Kier molecular flexibility index (Phi) is 14.7. The predicted molar refractivity (Wildman–Crippen MR) is 140 cm³/mol. The Bertz CT molecular complexity index is 778. The molecule has 2 aromatic rings. The molecule has 0 atom stereocenters. The lowest BCUT2D eigenvalue weighted by atomic mass is 10.2. The van der Waals surface area contributed by atoms with Crippen molar-refractivity contribution in [1.82, 2.24) is 4.90 Å². The molecule has 1 aliphatic rings. The number of nitrogens with one attached hydrogen (secondary N) is 2. The smallest absolute Gasteiger partial charge is 0.349 e. The fourth-order valence-corrected chi connectivity index (χ4v) is 4.92. The molecule has 3 rings (SSSR count). The number of nitrogens with zero attached hydrogens (tertiary/aromatic N) is 1. The van der Waals surface area contributed by atoms with Gasteiger partial charge in [-0.3, -0.25) is 0 Å². The Hall–Kier alpha value is -1.90. The number of benzene rings is 1. The van der Waals surface area contributed by atoms with Crippen LogP contribution in [-0.2, 0) is 4.74 Å². The number of methoxy groups -OCH3 is 2. The van der Waals surface area contributed by atoms with Crippen LogP contribution < -0.4 is 14.8 Å². The Morgan fingerprint density at radius 3 is 2.50 bits per heavy atom. The van der Waals surface area contributed by atoms with Gasteiger partial charge in [0.25, 0.3) is 0 Å². The average Bonchev–Trinajstić information content (AvgIpc) is 3.55. The number of esters is 1. The lowest BCUT2D eigenvalue weighted by Crippen LogP contribution is -2.22. The van der Waals surface area contributed by atoms with Crippen molar-refractivity contribution >= 4 is 40.6 Å². The number of anilines is 2. The summed E-state index contributed by atoms with van der Waals surface area (Å²) in [4.78, 5) is 15.8. The molecule has 0 radical (unpaired) electrons. The summed E-state index contributed by atoms with van der Waals surface area (Å²) in [6, 6.07) is 7.92. The summed E-state index contributed by atoms with van der Waals surface area (Å²) in [6.07, 6.45) is 3.81. The van der Waals surface area contributed by atoms with Crippen molar-refractivity contribution < 1.29 is 14.3 Å². The highest BCUT2D eigenvalue weighted by molar-refractivity contribution is 8.00. The quantitative estimate of drug-likeness (QED) is 0.225. The number of likely N-dealkylation sites (tertiary alicyclic amines) is 1. The predicted octanol–water partition coefficient (Wildman–Crippen LogP) is 6.61. The third kappa shape index (κ3) is 8.92. The van der Waals surface area contributed by atoms with Gasteiger partial charge in [-0.05, 0) is 74.4 Å². The minimum Gasteiger partial charge on any atom is -0.494 e. The molecule has 1 fully saturated rings. The van der Waals surface area contributed by atoms with Crippen LogP contribution in [0.3, 0.4) is 0 Å². The Morgan fingerprint density at radius 2 is 1.84 bits per heavy atom. The third-order valence-electron chi connectivity index (χ3n) is 4.65. The fourth-order valence-electron chi connectivity index (χ4n) is 3.16. The molecule has 6 nitrogen and oxygen atoms in total. The van der Waals surface area contributed by atoms with E-state index in [0.717, 1.165) is 41.5 Å². The molecule has 2 N–H and O–H groups in total. The average molecular weight is 482 g/mol. The summed E-state index contributed by atoms with van der Waals surface area (Å²) >= 11 is 2.75. The van der Waals surface area contributed by atoms with Crippen molar-refractivity contribution in [2.45, 2.75) is 51.9 Å². The summed E-state index contributed by atoms with van der Waals surface area (Å²) in [5, 5.41) is 5.35. The van der Waals surface area contributed by atoms with Crippen LogP contribution in [0.4, 0.5) is 11.4 Å². The van der Waals surface area contributed by atoms with Gasteiger partial charge < -0.3 is 24.4 Å². The van der Waals surface area contributed by atoms with Gasteiger partial charge in [0.15, 0.2) is 0 Å². The first kappa shape index (κ1) is 28.1. The van der Waals surface area contributed by atoms with E-state index in [1.807, 2.05) is 57.3 Å². The van der Waals surface area contributed by atoms with E-state index in [1.54, 1.807) is 7.11 Å². The van der Waals surface area contributed by atoms with E-state index in [9.17, 15) is 4.79 Å². The maximum absolute atomic E-state index is 11.8. The first-order chi connectivity index (χ1) is 15.7. The SMILES string of the molecule is CC.CC.COC(=O)c1sccc1SNc1ccc(NCCCN2CCCC2)cc1OC. The zero-order chi connectivity index (χ0) is 23.8. The number of hydrogen-bond acceptors (Lipinski definition) is 8. The molecule has 0 unspecified atom stereocenters. The number of carbonyl (C=O) groups excluding carboxylic acids is 1. The van der Waals surface area contributed by atoms with Gasteiger partial charge in [0.05, 0.1) is 24.8 Å². The minimum atomic E-state index is -0.320. The van der Waals surface area contributed by atoms with Crippen LogP contribution in [-0.4, -0.2) is 51.3 Å². The van der Waals surface area contributed by atoms with Crippen molar-refractivity contribution in [3.63, 3.8) is 0 Å². The Balaban J connectivity index is 0.00000121. The molecular weight excluding hydrogens is 442 g/mol. The van der Waals surface area contributed by atoms with Crippen LogP contribution in [0.5, 0.6) is 5.75 Å². The second-order valence-corrected chi connectivity index (χ2v) is 8.32. The normalized spacial score (nSPS) is 12.7. The molecule has 0 spiro atoms. The molecule has 1 saturated heterocycles. The van der Waals surface area contributed by atoms with E-state index in [1.165, 1.54) is 56.3 Å². The standard InChI is InChI=1S/C20H27N3O3S2.2C2H6/c1-25-17-14-15(21-9-5-12-23-10-3-4-11-23)6-7-16(17)22-28-18-8-13-27-19(18)20(24)26-2;2*1-2/h6-8,13-14,21-22H,3-5,9-12H2,1-2H3;2*1-2H3. The van der Waals surface area contributed by atoms with Gasteiger partial charge in [0.1, 0.15) is 10.6 Å². The minimum absolute atomic E-state index is 0.320. The monoisotopic (exact) mass is 481 g/mol. The molecule has 1 aliphatic heterocycles. The van der Waals surface area contributed by atoms with Gasteiger partial charge in [-0.25, -0.2) is 4.79 Å². The van der Waals surface area contributed by atoms with Gasteiger partial charge >= 0.3 is 5.97 Å². The molecule has 8 heteroatoms. The molecular formula is C24H39N3O3S2. The van der Waals surface area contributed by atoms with Gasteiger partial charge in [0, 0.05) is 18.3 Å². The summed E-state index contributed by atoms with van der Waals surface area (Å²) in [5.74, 6) is 0.437. The third-order valence-corrected chi connectivity index (χ3v) is 6.56. The lowest BCUT2D eigenvalue weighted by molar-refractivity contribution is 0.0603. The second-order valence-electron chi connectivity index (χ2n) is 6.55. The van der Waals surface area contributed by atoms with Crippen LogP contribution in [0.1, 0.15) is 56.6 Å². The molecule has 1 aromatic carbocycles. The van der Waals surface area contributed by atoms with Crippen LogP contribution >= 0.6 is 23.3 Å². The Morgan fingerprint density at radius 1 is 1.12 bits per heavy atom. The van der Waals surface area contributed by atoms with Crippen LogP contribution in [0.15, 0.2) is 34.5 Å². The summed E-state index contributed by atoms with van der Waals surface area (Å²) in [5.41, 5.74) is 1.90. The molecule has 0 aliphatic carbocycles. The maximum atomic E-state index is 11.8. The molecule has 2 heterocycles. The van der Waals surface area contributed by atoms with Crippen molar-refractivity contribution in [2.24, 2.45) is 0 Å².